The number of hydrogen-bond acceptors (Lipinski definition) is 4. The molecule has 2 N–H and O–H groups in total. The standard InChI is InChI=1S/C16H34N2O2/c1-4-8-17-12-16(7-5-11-20-14-16)13-18(15(2)3)9-6-10-19/h15,17,19H,4-14H2,1-3H3. The number of nitrogens with zero attached hydrogens (tertiary/aromatic N) is 1. The Morgan fingerprint density at radius 1 is 1.40 bits per heavy atom. The third-order valence-electron chi connectivity index (χ3n) is 4.20. The molecule has 1 aliphatic rings. The summed E-state index contributed by atoms with van der Waals surface area (Å²) in [6, 6.07) is 0.520. The fourth-order valence-electron chi connectivity index (χ4n) is 2.98. The molecule has 120 valence electrons. The minimum atomic E-state index is 0.243. The zero-order chi connectivity index (χ0) is 14.8. The van der Waals surface area contributed by atoms with E-state index < -0.39 is 0 Å². The van der Waals surface area contributed by atoms with E-state index in [9.17, 15) is 0 Å². The average molecular weight is 286 g/mol. The Morgan fingerprint density at radius 3 is 2.75 bits per heavy atom. The summed E-state index contributed by atoms with van der Waals surface area (Å²) in [4.78, 5) is 2.50. The molecule has 0 aliphatic carbocycles. The van der Waals surface area contributed by atoms with Gasteiger partial charge in [0.25, 0.3) is 0 Å². The fraction of sp³-hybridized carbons (Fsp3) is 1.00. The molecule has 0 bridgehead atoms. The normalized spacial score (nSPS) is 23.7. The SMILES string of the molecule is CCCNCC1(CN(CCCO)C(C)C)CCCOC1. The van der Waals surface area contributed by atoms with Crippen LogP contribution in [-0.4, -0.2) is 62.0 Å². The highest BCUT2D eigenvalue weighted by Gasteiger charge is 2.34. The van der Waals surface area contributed by atoms with Crippen LogP contribution in [-0.2, 0) is 4.74 Å². The van der Waals surface area contributed by atoms with Crippen LogP contribution >= 0.6 is 0 Å². The molecule has 20 heavy (non-hydrogen) atoms. The Bertz CT molecular complexity index is 241. The predicted octanol–water partition coefficient (Wildman–Crippen LogP) is 1.88. The maximum absolute atomic E-state index is 9.08. The van der Waals surface area contributed by atoms with E-state index in [0.717, 1.165) is 45.8 Å². The lowest BCUT2D eigenvalue weighted by molar-refractivity contribution is -0.0314. The summed E-state index contributed by atoms with van der Waals surface area (Å²) in [6.45, 7) is 12.9. The second-order valence-corrected chi connectivity index (χ2v) is 6.47. The van der Waals surface area contributed by atoms with Crippen molar-refractivity contribution in [2.75, 3.05) is 46.0 Å². The first-order valence-corrected chi connectivity index (χ1v) is 8.27. The molecule has 0 aromatic carbocycles. The summed E-state index contributed by atoms with van der Waals surface area (Å²) < 4.78 is 5.79. The van der Waals surface area contributed by atoms with Gasteiger partial charge in [-0.05, 0) is 46.1 Å². The maximum atomic E-state index is 9.08. The second-order valence-electron chi connectivity index (χ2n) is 6.47. The van der Waals surface area contributed by atoms with Gasteiger partial charge >= 0.3 is 0 Å². The first-order chi connectivity index (χ1) is 9.63. The Hall–Kier alpha value is -0.160. The number of rotatable bonds is 10. The van der Waals surface area contributed by atoms with Crippen LogP contribution in [0.1, 0.15) is 46.5 Å². The van der Waals surface area contributed by atoms with E-state index in [4.69, 9.17) is 9.84 Å². The largest absolute Gasteiger partial charge is 0.396 e. The molecule has 1 unspecified atom stereocenters. The summed E-state index contributed by atoms with van der Waals surface area (Å²) in [5.41, 5.74) is 0.243. The van der Waals surface area contributed by atoms with E-state index in [0.29, 0.717) is 6.04 Å². The van der Waals surface area contributed by atoms with Crippen molar-refractivity contribution in [2.24, 2.45) is 5.41 Å². The van der Waals surface area contributed by atoms with Crippen molar-refractivity contribution < 1.29 is 9.84 Å². The molecule has 0 aromatic rings. The average Bonchev–Trinajstić information content (AvgIpc) is 2.44. The number of aliphatic hydroxyl groups excluding tert-OH is 1. The van der Waals surface area contributed by atoms with Gasteiger partial charge in [-0.1, -0.05) is 6.92 Å². The Labute approximate surface area is 124 Å². The lowest BCUT2D eigenvalue weighted by Crippen LogP contribution is -2.51. The van der Waals surface area contributed by atoms with Crippen LogP contribution in [0.5, 0.6) is 0 Å². The molecule has 1 fully saturated rings. The minimum Gasteiger partial charge on any atom is -0.396 e. The molecule has 0 saturated carbocycles. The highest BCUT2D eigenvalue weighted by molar-refractivity contribution is 4.88. The Balaban J connectivity index is 2.60. The lowest BCUT2D eigenvalue weighted by atomic mass is 9.81. The van der Waals surface area contributed by atoms with Crippen molar-refractivity contribution in [3.8, 4) is 0 Å². The van der Waals surface area contributed by atoms with Crippen LogP contribution in [0, 0.1) is 5.41 Å². The third kappa shape index (κ3) is 6.08. The summed E-state index contributed by atoms with van der Waals surface area (Å²) in [5, 5.41) is 12.7. The quantitative estimate of drug-likeness (QED) is 0.602. The number of ether oxygens (including phenoxy) is 1. The van der Waals surface area contributed by atoms with Crippen molar-refractivity contribution >= 4 is 0 Å². The van der Waals surface area contributed by atoms with E-state index in [1.807, 2.05) is 0 Å². The molecule has 1 saturated heterocycles. The molecule has 0 radical (unpaired) electrons. The van der Waals surface area contributed by atoms with Gasteiger partial charge in [0.1, 0.15) is 0 Å². The van der Waals surface area contributed by atoms with Crippen LogP contribution in [0.15, 0.2) is 0 Å². The van der Waals surface area contributed by atoms with E-state index in [1.165, 1.54) is 19.3 Å². The van der Waals surface area contributed by atoms with Gasteiger partial charge in [0.15, 0.2) is 0 Å². The minimum absolute atomic E-state index is 0.243. The monoisotopic (exact) mass is 286 g/mol. The summed E-state index contributed by atoms with van der Waals surface area (Å²) in [6.07, 6.45) is 4.44. The Morgan fingerprint density at radius 2 is 2.20 bits per heavy atom. The van der Waals surface area contributed by atoms with Gasteiger partial charge in [0.05, 0.1) is 6.61 Å². The molecule has 1 rings (SSSR count). The number of hydrogen-bond donors (Lipinski definition) is 2. The van der Waals surface area contributed by atoms with E-state index in [1.54, 1.807) is 0 Å². The molecular formula is C16H34N2O2. The topological polar surface area (TPSA) is 44.7 Å². The molecule has 4 heteroatoms. The van der Waals surface area contributed by atoms with Gasteiger partial charge in [-0.25, -0.2) is 0 Å². The fourth-order valence-corrected chi connectivity index (χ4v) is 2.98. The van der Waals surface area contributed by atoms with Crippen LogP contribution < -0.4 is 5.32 Å². The Kier molecular flexibility index (Phi) is 8.69. The van der Waals surface area contributed by atoms with Crippen LogP contribution in [0.4, 0.5) is 0 Å². The van der Waals surface area contributed by atoms with E-state index in [2.05, 4.69) is 31.0 Å². The van der Waals surface area contributed by atoms with Crippen molar-refractivity contribution in [3.63, 3.8) is 0 Å². The maximum Gasteiger partial charge on any atom is 0.0546 e. The summed E-state index contributed by atoms with van der Waals surface area (Å²) in [7, 11) is 0. The van der Waals surface area contributed by atoms with Crippen molar-refractivity contribution in [1.29, 1.82) is 0 Å². The summed E-state index contributed by atoms with van der Waals surface area (Å²) >= 11 is 0. The lowest BCUT2D eigenvalue weighted by Gasteiger charge is -2.42. The number of nitrogens with one attached hydrogen (secondary N) is 1. The van der Waals surface area contributed by atoms with Crippen molar-refractivity contribution in [3.05, 3.63) is 0 Å². The van der Waals surface area contributed by atoms with Gasteiger partial charge in [0.2, 0.25) is 0 Å². The van der Waals surface area contributed by atoms with Crippen LogP contribution in [0.3, 0.4) is 0 Å². The van der Waals surface area contributed by atoms with Gasteiger partial charge in [0, 0.05) is 44.3 Å². The zero-order valence-corrected chi connectivity index (χ0v) is 13.7. The van der Waals surface area contributed by atoms with Crippen LogP contribution in [0.25, 0.3) is 0 Å². The first kappa shape index (κ1) is 17.9. The number of aliphatic hydroxyl groups is 1. The molecule has 0 amide bonds. The molecular weight excluding hydrogens is 252 g/mol. The zero-order valence-electron chi connectivity index (χ0n) is 13.7. The third-order valence-corrected chi connectivity index (χ3v) is 4.20. The van der Waals surface area contributed by atoms with Gasteiger partial charge < -0.3 is 20.1 Å². The van der Waals surface area contributed by atoms with Gasteiger partial charge in [-0.3, -0.25) is 0 Å². The second kappa shape index (κ2) is 9.72. The smallest absolute Gasteiger partial charge is 0.0546 e. The van der Waals surface area contributed by atoms with Crippen molar-refractivity contribution in [2.45, 2.75) is 52.5 Å². The van der Waals surface area contributed by atoms with Crippen molar-refractivity contribution in [1.82, 2.24) is 10.2 Å². The predicted molar refractivity (Wildman–Crippen MR) is 84.1 cm³/mol. The molecule has 0 aromatic heterocycles. The van der Waals surface area contributed by atoms with Gasteiger partial charge in [-0.2, -0.15) is 0 Å². The van der Waals surface area contributed by atoms with Gasteiger partial charge in [-0.15, -0.1) is 0 Å². The van der Waals surface area contributed by atoms with E-state index >= 15 is 0 Å². The van der Waals surface area contributed by atoms with Crippen LogP contribution in [0.2, 0.25) is 0 Å². The molecule has 1 heterocycles. The molecule has 1 aliphatic heterocycles. The molecule has 1 atom stereocenters. The first-order valence-electron chi connectivity index (χ1n) is 8.27. The highest BCUT2D eigenvalue weighted by Crippen LogP contribution is 2.30. The summed E-state index contributed by atoms with van der Waals surface area (Å²) in [5.74, 6) is 0. The van der Waals surface area contributed by atoms with E-state index in [-0.39, 0.29) is 12.0 Å². The highest BCUT2D eigenvalue weighted by atomic mass is 16.5. The molecule has 0 spiro atoms. The molecule has 4 nitrogen and oxygen atoms in total.